The van der Waals surface area contributed by atoms with E-state index in [0.29, 0.717) is 6.04 Å². The van der Waals surface area contributed by atoms with Crippen molar-refractivity contribution >= 4 is 0 Å². The summed E-state index contributed by atoms with van der Waals surface area (Å²) >= 11 is 0. The number of hydrogen-bond acceptors (Lipinski definition) is 1. The van der Waals surface area contributed by atoms with E-state index in [9.17, 15) is 0 Å². The number of quaternary nitrogens is 2. The molecular weight excluding hydrogens is 188 g/mol. The summed E-state index contributed by atoms with van der Waals surface area (Å²) in [5.74, 6) is 0.969. The van der Waals surface area contributed by atoms with Crippen LogP contribution < -0.4 is 15.0 Å². The third-order valence-electron chi connectivity index (χ3n) is 3.19. The molecule has 2 rings (SSSR count). The minimum atomic E-state index is 0.611. The van der Waals surface area contributed by atoms with Crippen molar-refractivity contribution in [2.24, 2.45) is 0 Å². The lowest BCUT2D eigenvalue weighted by atomic mass is 9.96. The van der Waals surface area contributed by atoms with Crippen LogP contribution in [0.2, 0.25) is 0 Å². The molecule has 1 aromatic rings. The van der Waals surface area contributed by atoms with Gasteiger partial charge in [0, 0.05) is 11.1 Å². The number of ether oxygens (including phenoxy) is 1. The Hall–Kier alpha value is -1.06. The second-order valence-corrected chi connectivity index (χ2v) is 4.42. The molecule has 0 unspecified atom stereocenters. The average Bonchev–Trinajstić information content (AvgIpc) is 2.27. The van der Waals surface area contributed by atoms with E-state index in [-0.39, 0.29) is 0 Å². The van der Waals surface area contributed by atoms with Crippen LogP contribution in [0.5, 0.6) is 5.75 Å². The van der Waals surface area contributed by atoms with Gasteiger partial charge in [-0.05, 0) is 18.2 Å². The highest BCUT2D eigenvalue weighted by Crippen LogP contribution is 2.22. The molecule has 0 saturated heterocycles. The molecule has 82 valence electrons. The first-order valence-corrected chi connectivity index (χ1v) is 5.51. The fourth-order valence-electron chi connectivity index (χ4n) is 2.30. The monoisotopic (exact) mass is 208 g/mol. The van der Waals surface area contributed by atoms with Gasteiger partial charge in [-0.3, -0.25) is 0 Å². The van der Waals surface area contributed by atoms with E-state index in [1.54, 1.807) is 7.11 Å². The molecule has 3 nitrogen and oxygen atoms in total. The van der Waals surface area contributed by atoms with Crippen molar-refractivity contribution in [2.45, 2.75) is 12.6 Å². The Morgan fingerprint density at radius 2 is 2.20 bits per heavy atom. The van der Waals surface area contributed by atoms with Crippen LogP contribution in [-0.2, 0) is 6.54 Å². The maximum atomic E-state index is 5.26. The fraction of sp³-hybridized carbons (Fsp3) is 0.500. The van der Waals surface area contributed by atoms with E-state index >= 15 is 0 Å². The molecule has 1 atom stereocenters. The zero-order valence-corrected chi connectivity index (χ0v) is 9.71. The Morgan fingerprint density at radius 1 is 1.40 bits per heavy atom. The van der Waals surface area contributed by atoms with Gasteiger partial charge in [0.1, 0.15) is 18.8 Å². The first-order valence-electron chi connectivity index (χ1n) is 5.51. The minimum absolute atomic E-state index is 0.611. The molecule has 0 saturated carbocycles. The second kappa shape index (κ2) is 4.21. The van der Waals surface area contributed by atoms with Crippen LogP contribution in [0.4, 0.5) is 0 Å². The summed E-state index contributed by atoms with van der Waals surface area (Å²) in [5.41, 5.74) is 2.91. The molecule has 0 spiro atoms. The quantitative estimate of drug-likeness (QED) is 0.639. The zero-order valence-electron chi connectivity index (χ0n) is 9.71. The number of benzene rings is 1. The van der Waals surface area contributed by atoms with E-state index in [1.165, 1.54) is 22.6 Å². The molecule has 0 aliphatic carbocycles. The Bertz CT molecular complexity index is 349. The highest BCUT2D eigenvalue weighted by Gasteiger charge is 2.27. The summed E-state index contributed by atoms with van der Waals surface area (Å²) in [7, 11) is 6.17. The van der Waals surface area contributed by atoms with Crippen molar-refractivity contribution in [2.75, 3.05) is 27.7 Å². The summed E-state index contributed by atoms with van der Waals surface area (Å²) in [6.07, 6.45) is 0. The van der Waals surface area contributed by atoms with Gasteiger partial charge in [-0.2, -0.15) is 0 Å². The van der Waals surface area contributed by atoms with E-state index in [4.69, 9.17) is 4.74 Å². The van der Waals surface area contributed by atoms with Crippen LogP contribution in [0.25, 0.3) is 0 Å². The molecule has 3 heteroatoms. The van der Waals surface area contributed by atoms with Gasteiger partial charge >= 0.3 is 0 Å². The van der Waals surface area contributed by atoms with Crippen LogP contribution in [0.1, 0.15) is 17.2 Å². The van der Waals surface area contributed by atoms with Crippen molar-refractivity contribution in [1.29, 1.82) is 0 Å². The summed E-state index contributed by atoms with van der Waals surface area (Å²) in [4.78, 5) is 1.50. The second-order valence-electron chi connectivity index (χ2n) is 4.42. The molecule has 0 aromatic heterocycles. The van der Waals surface area contributed by atoms with Crippen LogP contribution in [-0.4, -0.2) is 27.7 Å². The number of nitrogens with one attached hydrogen (secondary N) is 1. The predicted molar refractivity (Wildman–Crippen MR) is 59.0 cm³/mol. The first-order chi connectivity index (χ1) is 7.22. The molecule has 15 heavy (non-hydrogen) atoms. The zero-order chi connectivity index (χ0) is 10.8. The molecule has 0 amide bonds. The highest BCUT2D eigenvalue weighted by atomic mass is 16.5. The summed E-state index contributed by atoms with van der Waals surface area (Å²) in [5, 5.41) is 2.37. The maximum Gasteiger partial charge on any atom is 0.163 e. The molecule has 3 N–H and O–H groups in total. The van der Waals surface area contributed by atoms with Gasteiger partial charge in [-0.1, -0.05) is 0 Å². The lowest BCUT2D eigenvalue weighted by Crippen LogP contribution is -3.10. The van der Waals surface area contributed by atoms with Crippen molar-refractivity contribution in [3.8, 4) is 5.75 Å². The van der Waals surface area contributed by atoms with E-state index < -0.39 is 0 Å². The normalized spacial score (nSPS) is 20.1. The fourth-order valence-corrected chi connectivity index (χ4v) is 2.30. The Morgan fingerprint density at radius 3 is 2.87 bits per heavy atom. The van der Waals surface area contributed by atoms with Gasteiger partial charge in [-0.25, -0.2) is 0 Å². The summed E-state index contributed by atoms with van der Waals surface area (Å²) < 4.78 is 5.26. The smallest absolute Gasteiger partial charge is 0.163 e. The molecule has 1 heterocycles. The molecule has 0 bridgehead atoms. The molecular formula is C12H20N2O+2. The van der Waals surface area contributed by atoms with Gasteiger partial charge in [0.05, 0.1) is 21.2 Å². The van der Waals surface area contributed by atoms with Crippen LogP contribution >= 0.6 is 0 Å². The molecule has 1 aliphatic heterocycles. The largest absolute Gasteiger partial charge is 0.497 e. The van der Waals surface area contributed by atoms with E-state index in [0.717, 1.165) is 12.3 Å². The molecule has 0 fully saturated rings. The van der Waals surface area contributed by atoms with Crippen molar-refractivity contribution < 1.29 is 15.0 Å². The van der Waals surface area contributed by atoms with E-state index in [1.807, 2.05) is 0 Å². The third kappa shape index (κ3) is 1.98. The third-order valence-corrected chi connectivity index (χ3v) is 3.19. The maximum absolute atomic E-state index is 5.26. The van der Waals surface area contributed by atoms with Gasteiger partial charge in [0.25, 0.3) is 0 Å². The van der Waals surface area contributed by atoms with Crippen LogP contribution in [0.15, 0.2) is 18.2 Å². The number of hydrogen-bond donors (Lipinski definition) is 2. The molecule has 1 aliphatic rings. The number of rotatable bonds is 2. The topological polar surface area (TPSA) is 30.3 Å². The minimum Gasteiger partial charge on any atom is -0.497 e. The van der Waals surface area contributed by atoms with Gasteiger partial charge in [-0.15, -0.1) is 0 Å². The average molecular weight is 208 g/mol. The number of fused-ring (bicyclic) bond motifs is 1. The van der Waals surface area contributed by atoms with Crippen molar-refractivity contribution in [3.05, 3.63) is 29.3 Å². The van der Waals surface area contributed by atoms with Gasteiger partial charge in [0.2, 0.25) is 0 Å². The van der Waals surface area contributed by atoms with Crippen LogP contribution in [0.3, 0.4) is 0 Å². The molecule has 1 aromatic carbocycles. The Balaban J connectivity index is 2.36. The SMILES string of the molecule is COc1ccc2c(c1)C[NH2+]C[C@@H]2[NH+](C)C. The Labute approximate surface area is 91.0 Å². The first kappa shape index (κ1) is 10.5. The van der Waals surface area contributed by atoms with Crippen molar-refractivity contribution in [1.82, 2.24) is 0 Å². The summed E-state index contributed by atoms with van der Waals surface area (Å²) in [6, 6.07) is 7.07. The number of nitrogens with two attached hydrogens (primary N) is 1. The van der Waals surface area contributed by atoms with E-state index in [2.05, 4.69) is 37.6 Å². The highest BCUT2D eigenvalue weighted by molar-refractivity contribution is 5.37. The predicted octanol–water partition coefficient (Wildman–Crippen LogP) is -1.04. The van der Waals surface area contributed by atoms with Gasteiger partial charge in [0.15, 0.2) is 6.04 Å². The Kier molecular flexibility index (Phi) is 2.93. The molecule has 0 radical (unpaired) electrons. The van der Waals surface area contributed by atoms with Crippen molar-refractivity contribution in [3.63, 3.8) is 0 Å². The number of likely N-dealkylation sites (N-methyl/N-ethyl adjacent to an activating group) is 1. The lowest BCUT2D eigenvalue weighted by Gasteiger charge is -2.26. The lowest BCUT2D eigenvalue weighted by molar-refractivity contribution is -0.912. The van der Waals surface area contributed by atoms with Gasteiger partial charge < -0.3 is 15.0 Å². The standard InChI is InChI=1S/C12H18N2O/c1-14(2)12-8-13-7-9-6-10(15-3)4-5-11(9)12/h4-6,12-13H,7-8H2,1-3H3/p+2/t12-/m0/s1. The van der Waals surface area contributed by atoms with Crippen LogP contribution in [0, 0.1) is 0 Å². The summed E-state index contributed by atoms with van der Waals surface area (Å²) in [6.45, 7) is 2.26. The number of methoxy groups -OCH3 is 1.